The smallest absolute Gasteiger partial charge is 0.326 e. The first-order valence-electron chi connectivity index (χ1n) is 8.64. The molecule has 1 aliphatic heterocycles. The lowest BCUT2D eigenvalue weighted by Gasteiger charge is -2.32. The van der Waals surface area contributed by atoms with Crippen LogP contribution in [0.2, 0.25) is 0 Å². The molecular formula is C19H20N2O6. The normalized spacial score (nSPS) is 16.6. The Kier molecular flexibility index (Phi) is 5.75. The lowest BCUT2D eigenvalue weighted by Crippen LogP contribution is -2.49. The van der Waals surface area contributed by atoms with E-state index < -0.39 is 17.9 Å². The Labute approximate surface area is 155 Å². The summed E-state index contributed by atoms with van der Waals surface area (Å²) in [7, 11) is 0. The second kappa shape index (κ2) is 8.39. The Balaban J connectivity index is 1.58. The van der Waals surface area contributed by atoms with Gasteiger partial charge in [0.05, 0.1) is 6.26 Å². The number of carboxylic acid groups (broad SMARTS) is 1. The highest BCUT2D eigenvalue weighted by Crippen LogP contribution is 2.20. The molecule has 0 aliphatic carbocycles. The van der Waals surface area contributed by atoms with E-state index in [1.165, 1.54) is 11.2 Å². The van der Waals surface area contributed by atoms with Crippen molar-refractivity contribution in [2.45, 2.75) is 25.3 Å². The number of aliphatic carboxylic acids is 1. The second-order valence-electron chi connectivity index (χ2n) is 6.18. The number of nitrogens with zero attached hydrogens (tertiary/aromatic N) is 1. The maximum Gasteiger partial charge on any atom is 0.326 e. The molecule has 0 saturated carbocycles. The van der Waals surface area contributed by atoms with Crippen molar-refractivity contribution in [2.75, 3.05) is 18.5 Å². The van der Waals surface area contributed by atoms with Gasteiger partial charge in [0.15, 0.2) is 12.4 Å². The van der Waals surface area contributed by atoms with Crippen LogP contribution in [-0.2, 0) is 9.59 Å². The summed E-state index contributed by atoms with van der Waals surface area (Å²) in [6.07, 6.45) is 3.43. The fourth-order valence-electron chi connectivity index (χ4n) is 2.98. The largest absolute Gasteiger partial charge is 0.484 e. The number of benzene rings is 1. The quantitative estimate of drug-likeness (QED) is 0.806. The minimum absolute atomic E-state index is 0.182. The number of nitrogens with one attached hydrogen (secondary N) is 1. The Morgan fingerprint density at radius 2 is 2.07 bits per heavy atom. The molecule has 142 valence electrons. The molecule has 1 aliphatic rings. The van der Waals surface area contributed by atoms with Crippen molar-refractivity contribution in [3.8, 4) is 5.75 Å². The first-order chi connectivity index (χ1) is 13.0. The van der Waals surface area contributed by atoms with E-state index in [0.29, 0.717) is 24.4 Å². The molecule has 1 aromatic heterocycles. The summed E-state index contributed by atoms with van der Waals surface area (Å²) in [6.45, 7) is 0.151. The minimum Gasteiger partial charge on any atom is -0.484 e. The van der Waals surface area contributed by atoms with E-state index in [-0.39, 0.29) is 18.3 Å². The number of hydrogen-bond donors (Lipinski definition) is 2. The number of amides is 2. The summed E-state index contributed by atoms with van der Waals surface area (Å²) in [4.78, 5) is 37.0. The number of carbonyl (C=O) groups excluding carboxylic acids is 2. The Morgan fingerprint density at radius 3 is 2.81 bits per heavy atom. The van der Waals surface area contributed by atoms with Gasteiger partial charge in [-0.05, 0) is 43.5 Å². The van der Waals surface area contributed by atoms with Gasteiger partial charge in [0.2, 0.25) is 0 Å². The molecule has 0 radical (unpaired) electrons. The molecule has 27 heavy (non-hydrogen) atoms. The van der Waals surface area contributed by atoms with Crippen LogP contribution in [0.1, 0.15) is 29.8 Å². The van der Waals surface area contributed by atoms with E-state index in [9.17, 15) is 19.5 Å². The third kappa shape index (κ3) is 4.66. The third-order valence-electron chi connectivity index (χ3n) is 4.31. The van der Waals surface area contributed by atoms with Crippen molar-refractivity contribution in [2.24, 2.45) is 0 Å². The van der Waals surface area contributed by atoms with Gasteiger partial charge in [-0.25, -0.2) is 4.79 Å². The molecule has 2 N–H and O–H groups in total. The van der Waals surface area contributed by atoms with Crippen LogP contribution < -0.4 is 10.1 Å². The van der Waals surface area contributed by atoms with Crippen LogP contribution in [-0.4, -0.2) is 47.0 Å². The zero-order valence-corrected chi connectivity index (χ0v) is 14.6. The number of carbonyl (C=O) groups is 3. The first-order valence-corrected chi connectivity index (χ1v) is 8.64. The van der Waals surface area contributed by atoms with Crippen molar-refractivity contribution in [3.63, 3.8) is 0 Å². The summed E-state index contributed by atoms with van der Waals surface area (Å²) in [5.74, 6) is -1.19. The minimum atomic E-state index is -0.995. The molecule has 1 atom stereocenters. The van der Waals surface area contributed by atoms with E-state index in [2.05, 4.69) is 5.32 Å². The molecule has 1 aromatic carbocycles. The SMILES string of the molecule is O=C(Nc1cccc(OCC(=O)N2CCCC[C@@H]2C(=O)O)c1)c1ccco1. The number of furan rings is 1. The van der Waals surface area contributed by atoms with Crippen LogP contribution in [0.15, 0.2) is 47.1 Å². The lowest BCUT2D eigenvalue weighted by molar-refractivity contribution is -0.152. The zero-order valence-electron chi connectivity index (χ0n) is 14.6. The summed E-state index contributed by atoms with van der Waals surface area (Å²) in [5.41, 5.74) is 0.489. The van der Waals surface area contributed by atoms with Gasteiger partial charge in [-0.1, -0.05) is 6.07 Å². The Morgan fingerprint density at radius 1 is 1.22 bits per heavy atom. The molecule has 3 rings (SSSR count). The molecule has 8 nitrogen and oxygen atoms in total. The van der Waals surface area contributed by atoms with Gasteiger partial charge in [0.25, 0.3) is 11.8 Å². The lowest BCUT2D eigenvalue weighted by atomic mass is 10.0. The number of piperidine rings is 1. The van der Waals surface area contributed by atoms with Crippen LogP contribution >= 0.6 is 0 Å². The summed E-state index contributed by atoms with van der Waals surface area (Å²) >= 11 is 0. The molecule has 1 saturated heterocycles. The highest BCUT2D eigenvalue weighted by Gasteiger charge is 2.31. The standard InChI is InChI=1S/C19H20N2O6/c22-17(21-9-2-1-7-15(21)19(24)25)12-27-14-6-3-5-13(11-14)20-18(23)16-8-4-10-26-16/h3-6,8,10-11,15H,1-2,7,9,12H2,(H,20,23)(H,24,25)/t15-/m1/s1. The van der Waals surface area contributed by atoms with E-state index in [1.807, 2.05) is 0 Å². The fourth-order valence-corrected chi connectivity index (χ4v) is 2.98. The summed E-state index contributed by atoms with van der Waals surface area (Å²) in [6, 6.07) is 8.96. The predicted octanol–water partition coefficient (Wildman–Crippen LogP) is 2.38. The number of carboxylic acids is 1. The monoisotopic (exact) mass is 372 g/mol. The number of rotatable bonds is 6. The van der Waals surface area contributed by atoms with Crippen LogP contribution in [0.25, 0.3) is 0 Å². The molecule has 2 amide bonds. The average molecular weight is 372 g/mol. The average Bonchev–Trinajstić information content (AvgIpc) is 3.21. The Hall–Kier alpha value is -3.29. The fraction of sp³-hybridized carbons (Fsp3) is 0.316. The molecule has 1 fully saturated rings. The molecule has 0 unspecified atom stereocenters. The van der Waals surface area contributed by atoms with Crippen LogP contribution in [0.5, 0.6) is 5.75 Å². The van der Waals surface area contributed by atoms with Crippen LogP contribution in [0.4, 0.5) is 5.69 Å². The van der Waals surface area contributed by atoms with Gasteiger partial charge in [-0.2, -0.15) is 0 Å². The maximum atomic E-state index is 12.4. The van der Waals surface area contributed by atoms with Crippen molar-refractivity contribution < 1.29 is 28.6 Å². The number of anilines is 1. The van der Waals surface area contributed by atoms with Crippen molar-refractivity contribution in [1.82, 2.24) is 4.90 Å². The van der Waals surface area contributed by atoms with E-state index >= 15 is 0 Å². The Bertz CT molecular complexity index is 817. The van der Waals surface area contributed by atoms with E-state index in [4.69, 9.17) is 9.15 Å². The highest BCUT2D eigenvalue weighted by atomic mass is 16.5. The molecule has 0 spiro atoms. The first kappa shape index (κ1) is 18.5. The van der Waals surface area contributed by atoms with E-state index in [1.54, 1.807) is 36.4 Å². The highest BCUT2D eigenvalue weighted by molar-refractivity contribution is 6.02. The van der Waals surface area contributed by atoms with Crippen LogP contribution in [0, 0.1) is 0 Å². The summed E-state index contributed by atoms with van der Waals surface area (Å²) < 4.78 is 10.5. The second-order valence-corrected chi connectivity index (χ2v) is 6.18. The van der Waals surface area contributed by atoms with E-state index in [0.717, 1.165) is 12.8 Å². The maximum absolute atomic E-state index is 12.4. The van der Waals surface area contributed by atoms with Gasteiger partial charge in [0.1, 0.15) is 11.8 Å². The number of ether oxygens (including phenoxy) is 1. The van der Waals surface area contributed by atoms with Gasteiger partial charge >= 0.3 is 5.97 Å². The van der Waals surface area contributed by atoms with Crippen molar-refractivity contribution in [3.05, 3.63) is 48.4 Å². The van der Waals surface area contributed by atoms with Gasteiger partial charge < -0.3 is 24.5 Å². The molecule has 2 heterocycles. The predicted molar refractivity (Wildman–Crippen MR) is 95.6 cm³/mol. The molecular weight excluding hydrogens is 352 g/mol. The molecule has 0 bridgehead atoms. The zero-order chi connectivity index (χ0) is 19.2. The van der Waals surface area contributed by atoms with Crippen molar-refractivity contribution in [1.29, 1.82) is 0 Å². The van der Waals surface area contributed by atoms with Crippen LogP contribution in [0.3, 0.4) is 0 Å². The van der Waals surface area contributed by atoms with Gasteiger partial charge in [-0.3, -0.25) is 9.59 Å². The topological polar surface area (TPSA) is 109 Å². The van der Waals surface area contributed by atoms with Crippen molar-refractivity contribution >= 4 is 23.5 Å². The number of hydrogen-bond acceptors (Lipinski definition) is 5. The summed E-state index contributed by atoms with van der Waals surface area (Å²) in [5, 5.41) is 11.9. The molecule has 8 heteroatoms. The third-order valence-corrected chi connectivity index (χ3v) is 4.31. The van der Waals surface area contributed by atoms with Gasteiger partial charge in [-0.15, -0.1) is 0 Å². The number of likely N-dealkylation sites (tertiary alicyclic amines) is 1. The van der Waals surface area contributed by atoms with Gasteiger partial charge in [0, 0.05) is 18.3 Å². The molecule has 2 aromatic rings.